The number of primary amides is 1. The fourth-order valence-corrected chi connectivity index (χ4v) is 5.00. The molecule has 0 aliphatic carbocycles. The summed E-state index contributed by atoms with van der Waals surface area (Å²) in [6.07, 6.45) is 4.39. The summed E-state index contributed by atoms with van der Waals surface area (Å²) in [6.45, 7) is 47.4. The number of amides is 3. The van der Waals surface area contributed by atoms with Gasteiger partial charge in [0.15, 0.2) is 23.8 Å². The predicted molar refractivity (Wildman–Crippen MR) is 312 cm³/mol. The number of urea groups is 1. The van der Waals surface area contributed by atoms with Crippen molar-refractivity contribution in [1.29, 1.82) is 5.41 Å². The summed E-state index contributed by atoms with van der Waals surface area (Å²) in [5.41, 5.74) is 32.7. The van der Waals surface area contributed by atoms with Gasteiger partial charge >= 0.3 is 6.03 Å². The number of rotatable bonds is 24. The lowest BCUT2D eigenvalue weighted by atomic mass is 9.97. The van der Waals surface area contributed by atoms with Gasteiger partial charge in [-0.3, -0.25) is 30.5 Å². The molecule has 0 atom stereocenters. The van der Waals surface area contributed by atoms with Crippen molar-refractivity contribution in [2.24, 2.45) is 81.4 Å². The van der Waals surface area contributed by atoms with E-state index in [2.05, 4.69) is 166 Å². The molecule has 0 saturated heterocycles. The first-order valence-corrected chi connectivity index (χ1v) is 25.6. The van der Waals surface area contributed by atoms with Crippen molar-refractivity contribution in [3.63, 3.8) is 0 Å². The molecule has 0 aromatic rings. The molecule has 0 aliphatic rings. The molecule has 428 valence electrons. The van der Waals surface area contributed by atoms with E-state index in [1.54, 1.807) is 11.9 Å². The number of nitrogens with zero attached hydrogens (tertiary/aromatic N) is 5. The largest absolute Gasteiger partial charge is 0.388 e. The van der Waals surface area contributed by atoms with E-state index in [4.69, 9.17) is 39.8 Å². The summed E-state index contributed by atoms with van der Waals surface area (Å²) in [5.74, 6) is 1.28. The molecule has 21 N–H and O–H groups in total. The normalized spacial score (nSPS) is 12.2. The Bertz CT molecular complexity index is 1470. The van der Waals surface area contributed by atoms with Gasteiger partial charge < -0.3 is 76.5 Å². The average molecular weight is 1030 g/mol. The fourth-order valence-electron chi connectivity index (χ4n) is 5.00. The zero-order valence-corrected chi connectivity index (χ0v) is 49.5. The second-order valence-electron chi connectivity index (χ2n) is 23.6. The van der Waals surface area contributed by atoms with E-state index < -0.39 is 6.03 Å². The molecule has 0 saturated carbocycles. The lowest BCUT2D eigenvalue weighted by Gasteiger charge is -2.20. The molecule has 0 fully saturated rings. The van der Waals surface area contributed by atoms with Crippen LogP contribution in [-0.2, 0) is 4.79 Å². The van der Waals surface area contributed by atoms with Crippen LogP contribution in [0.15, 0.2) is 20.0 Å². The molecule has 0 spiro atoms. The number of amidine groups is 1. The Morgan fingerprint density at radius 1 is 0.556 bits per heavy atom. The first-order chi connectivity index (χ1) is 32.9. The van der Waals surface area contributed by atoms with Crippen molar-refractivity contribution in [1.82, 2.24) is 47.4 Å². The summed E-state index contributed by atoms with van der Waals surface area (Å²) >= 11 is 0. The van der Waals surface area contributed by atoms with Crippen LogP contribution in [0.5, 0.6) is 0 Å². The maximum atomic E-state index is 11.0. The highest BCUT2D eigenvalue weighted by Crippen LogP contribution is 2.12. The number of nitrogens with two attached hydrogens (primary N) is 6. The highest BCUT2D eigenvalue weighted by Gasteiger charge is 2.12. The minimum absolute atomic E-state index is 0.0725. The summed E-state index contributed by atoms with van der Waals surface area (Å²) < 4.78 is 0. The number of hydrogen-bond donors (Lipinski definition) is 15. The molecule has 0 aromatic carbocycles. The molecule has 0 rings (SSSR count). The quantitative estimate of drug-likeness (QED) is 0.0376. The zero-order chi connectivity index (χ0) is 57.0. The molecule has 72 heavy (non-hydrogen) atoms. The van der Waals surface area contributed by atoms with Gasteiger partial charge in [0.1, 0.15) is 0 Å². The SMILES string of the molecule is CC(C)(C)CNCCC(=O)N=C(N)N.CC(C)(C)CNCCCN=C(N)NC(N)=O.CC(N)=NCCCNCC(C)(C)C.CN(CCCNCC(C)(C)C)C(=N)N.CN=C(NC)NCCCNCC(C)(C)C. The minimum Gasteiger partial charge on any atom is -0.388 e. The molecular formula is C50H116N20O2. The Morgan fingerprint density at radius 2 is 0.931 bits per heavy atom. The third-order valence-electron chi connectivity index (χ3n) is 8.51. The van der Waals surface area contributed by atoms with E-state index in [0.29, 0.717) is 41.6 Å². The van der Waals surface area contributed by atoms with Crippen molar-refractivity contribution in [3.8, 4) is 0 Å². The molecule has 3 amide bonds. The Balaban J connectivity index is -0.000000260. The second kappa shape index (κ2) is 44.0. The molecular weight excluding hydrogens is 913 g/mol. The lowest BCUT2D eigenvalue weighted by molar-refractivity contribution is -0.117. The molecule has 0 heterocycles. The first-order valence-electron chi connectivity index (χ1n) is 25.6. The van der Waals surface area contributed by atoms with Crippen LogP contribution in [0.25, 0.3) is 0 Å². The van der Waals surface area contributed by atoms with Crippen LogP contribution in [0.3, 0.4) is 0 Å². The fraction of sp³-hybridized carbons (Fsp3) is 0.860. The second-order valence-corrected chi connectivity index (χ2v) is 23.6. The highest BCUT2D eigenvalue weighted by atomic mass is 16.2. The van der Waals surface area contributed by atoms with Crippen molar-refractivity contribution in [2.75, 3.05) is 113 Å². The number of nitrogens with one attached hydrogen (secondary N) is 9. The Morgan fingerprint density at radius 3 is 1.26 bits per heavy atom. The minimum atomic E-state index is -0.688. The number of guanidine groups is 4. The Hall–Kier alpha value is -4.51. The van der Waals surface area contributed by atoms with Crippen molar-refractivity contribution in [2.45, 2.75) is 143 Å². The van der Waals surface area contributed by atoms with Gasteiger partial charge in [0.2, 0.25) is 5.91 Å². The number of carbonyl (C=O) groups is 2. The van der Waals surface area contributed by atoms with Gasteiger partial charge in [-0.05, 0) is 112 Å². The van der Waals surface area contributed by atoms with Gasteiger partial charge in [0, 0.05) is 66.8 Å². The molecule has 0 aliphatic heterocycles. The summed E-state index contributed by atoms with van der Waals surface area (Å²) in [6, 6.07) is -0.688. The molecule has 0 aromatic heterocycles. The smallest absolute Gasteiger partial charge is 0.318 e. The Kier molecular flexibility index (Phi) is 46.7. The van der Waals surface area contributed by atoms with Gasteiger partial charge in [0.05, 0.1) is 5.84 Å². The maximum Gasteiger partial charge on any atom is 0.318 e. The lowest BCUT2D eigenvalue weighted by Crippen LogP contribution is -2.40. The van der Waals surface area contributed by atoms with Crippen LogP contribution in [0.1, 0.15) is 143 Å². The zero-order valence-electron chi connectivity index (χ0n) is 49.5. The predicted octanol–water partition coefficient (Wildman–Crippen LogP) is 2.84. The van der Waals surface area contributed by atoms with Gasteiger partial charge in [-0.2, -0.15) is 4.99 Å². The van der Waals surface area contributed by atoms with Crippen LogP contribution >= 0.6 is 0 Å². The third kappa shape index (κ3) is 79.6. The summed E-state index contributed by atoms with van der Waals surface area (Å²) in [7, 11) is 5.48. The average Bonchev–Trinajstić information content (AvgIpc) is 3.20. The van der Waals surface area contributed by atoms with Gasteiger partial charge in [0.25, 0.3) is 0 Å². The third-order valence-corrected chi connectivity index (χ3v) is 8.51. The van der Waals surface area contributed by atoms with Crippen LogP contribution in [0.2, 0.25) is 0 Å². The number of carbonyl (C=O) groups excluding carboxylic acids is 2. The summed E-state index contributed by atoms with van der Waals surface area (Å²) in [4.78, 5) is 38.6. The van der Waals surface area contributed by atoms with Crippen LogP contribution < -0.4 is 76.9 Å². The van der Waals surface area contributed by atoms with E-state index in [-0.39, 0.29) is 34.6 Å². The molecule has 22 nitrogen and oxygen atoms in total. The van der Waals surface area contributed by atoms with Gasteiger partial charge in [-0.25, -0.2) is 4.79 Å². The Labute approximate surface area is 439 Å². The van der Waals surface area contributed by atoms with E-state index in [0.717, 1.165) is 110 Å². The van der Waals surface area contributed by atoms with E-state index in [1.807, 2.05) is 21.0 Å². The highest BCUT2D eigenvalue weighted by molar-refractivity contribution is 5.94. The van der Waals surface area contributed by atoms with Crippen molar-refractivity contribution < 1.29 is 9.59 Å². The number of aliphatic imine (C=N–C) groups is 4. The van der Waals surface area contributed by atoms with Crippen molar-refractivity contribution >= 4 is 41.6 Å². The van der Waals surface area contributed by atoms with E-state index >= 15 is 0 Å². The maximum absolute atomic E-state index is 11.0. The first kappa shape index (κ1) is 76.4. The molecule has 0 bridgehead atoms. The monoisotopic (exact) mass is 1030 g/mol. The summed E-state index contributed by atoms with van der Waals surface area (Å²) in [5, 5.41) is 32.2. The van der Waals surface area contributed by atoms with Crippen LogP contribution in [0, 0.1) is 32.5 Å². The number of hydrogen-bond acceptors (Lipinski definition) is 11. The van der Waals surface area contributed by atoms with Gasteiger partial charge in [-0.1, -0.05) is 104 Å². The van der Waals surface area contributed by atoms with Crippen LogP contribution in [-0.4, -0.2) is 159 Å². The topological polar surface area (TPSA) is 363 Å². The van der Waals surface area contributed by atoms with E-state index in [9.17, 15) is 9.59 Å². The standard InChI is InChI=1S/C11H26N4.C10H23N5O.C10H24N4.C10H23N3.C9H20N4O/c1-11(2,3)9-14-7-6-8-15-10(12-4)13-5;1-10(2,3)7-13-5-4-6-14-8(11)15-9(12)16;1-10(2,3)8-13-6-5-7-14(4)9(11)12;1-9(11)13-7-5-6-12-8-10(2,3)4;1-9(2,3)6-12-5-4-7(14)13-8(10)11/h14H,6-9H2,1-5H3,(H2,12,13,15);13H,4-7H2,1-3H3,(H5,11,12,14,15,16);13H,5-8H2,1-4H3,(H3,11,12);12H,5-8H2,1-4H3,(H2,11,13);12H,4-6H2,1-3H3,(H4,10,11,13,14). The van der Waals surface area contributed by atoms with Crippen LogP contribution in [0.4, 0.5) is 4.79 Å². The van der Waals surface area contributed by atoms with Gasteiger partial charge in [-0.15, -0.1) is 0 Å². The molecule has 22 heteroatoms. The van der Waals surface area contributed by atoms with Crippen molar-refractivity contribution in [3.05, 3.63) is 0 Å². The van der Waals surface area contributed by atoms with E-state index in [1.165, 1.54) is 0 Å². The molecule has 0 radical (unpaired) electrons. The molecule has 0 unspecified atom stereocenters.